The Hall–Kier alpha value is -2.98. The van der Waals surface area contributed by atoms with Gasteiger partial charge in [-0.3, -0.25) is 0 Å². The smallest absolute Gasteiger partial charge is 0.384 e. The summed E-state index contributed by atoms with van der Waals surface area (Å²) in [6.45, 7) is -1.35. The van der Waals surface area contributed by atoms with Crippen LogP contribution in [0.4, 0.5) is 24.8 Å². The predicted octanol–water partition coefficient (Wildman–Crippen LogP) is 1.70. The van der Waals surface area contributed by atoms with E-state index in [0.29, 0.717) is 30.3 Å². The van der Waals surface area contributed by atoms with Crippen molar-refractivity contribution in [1.82, 2.24) is 19.9 Å². The normalized spacial score (nSPS) is 12.2. The Labute approximate surface area is 148 Å². The van der Waals surface area contributed by atoms with Crippen molar-refractivity contribution in [2.45, 2.75) is 31.9 Å². The van der Waals surface area contributed by atoms with Crippen molar-refractivity contribution in [3.8, 4) is 0 Å². The van der Waals surface area contributed by atoms with Gasteiger partial charge >= 0.3 is 6.18 Å². The fraction of sp³-hybridized carbons (Fsp3) is 0.400. The highest BCUT2D eigenvalue weighted by Crippen LogP contribution is 2.14. The number of hydrogen-bond acceptors (Lipinski definition) is 6. The van der Waals surface area contributed by atoms with Gasteiger partial charge in [0.15, 0.2) is 5.96 Å². The minimum Gasteiger partial charge on any atom is -0.384 e. The predicted molar refractivity (Wildman–Crippen MR) is 91.3 cm³/mol. The molecule has 2 aromatic heterocycles. The van der Waals surface area contributed by atoms with Gasteiger partial charge in [-0.1, -0.05) is 0 Å². The van der Waals surface area contributed by atoms with Crippen molar-refractivity contribution >= 4 is 17.6 Å². The molecule has 140 valence electrons. The highest BCUT2D eigenvalue weighted by molar-refractivity contribution is 5.91. The maximum absolute atomic E-state index is 12.1. The molecule has 0 amide bonds. The molecule has 26 heavy (non-hydrogen) atoms. The van der Waals surface area contributed by atoms with Gasteiger partial charge in [-0.2, -0.15) is 13.2 Å². The summed E-state index contributed by atoms with van der Waals surface area (Å²) in [4.78, 5) is 19.8. The zero-order valence-electron chi connectivity index (χ0n) is 13.9. The number of nitrogens with one attached hydrogen (secondary N) is 1. The van der Waals surface area contributed by atoms with Crippen LogP contribution in [-0.2, 0) is 12.8 Å². The molecular weight excluding hydrogens is 349 g/mol. The molecule has 0 spiro atoms. The van der Waals surface area contributed by atoms with Gasteiger partial charge in [-0.25, -0.2) is 24.9 Å². The maximum atomic E-state index is 12.1. The Morgan fingerprint density at radius 1 is 1.04 bits per heavy atom. The van der Waals surface area contributed by atoms with Gasteiger partial charge in [-0.05, 0) is 25.0 Å². The van der Waals surface area contributed by atoms with Crippen molar-refractivity contribution < 1.29 is 13.2 Å². The number of halogens is 3. The Morgan fingerprint density at radius 3 is 2.27 bits per heavy atom. The molecule has 5 N–H and O–H groups in total. The van der Waals surface area contributed by atoms with Crippen molar-refractivity contribution in [2.24, 2.45) is 10.7 Å². The van der Waals surface area contributed by atoms with Crippen LogP contribution in [0.2, 0.25) is 0 Å². The van der Waals surface area contributed by atoms with Crippen LogP contribution in [0.5, 0.6) is 0 Å². The van der Waals surface area contributed by atoms with Crippen LogP contribution in [0, 0.1) is 0 Å². The topological polar surface area (TPSA) is 128 Å². The molecule has 0 bridgehead atoms. The SMILES string of the molecule is NC(=NCC(F)(F)F)Nc1ccnc(CCCCc2nccc(N)n2)n1. The number of guanidine groups is 1. The number of aromatic nitrogens is 4. The Balaban J connectivity index is 1.81. The molecule has 2 heterocycles. The molecule has 2 aromatic rings. The van der Waals surface area contributed by atoms with Gasteiger partial charge in [-0.15, -0.1) is 0 Å². The quantitative estimate of drug-likeness (QED) is 0.385. The molecule has 11 heteroatoms. The lowest BCUT2D eigenvalue weighted by Crippen LogP contribution is -2.26. The van der Waals surface area contributed by atoms with E-state index in [4.69, 9.17) is 11.5 Å². The first-order valence-corrected chi connectivity index (χ1v) is 7.85. The minimum absolute atomic E-state index is 0.289. The second-order valence-electron chi connectivity index (χ2n) is 5.40. The zero-order valence-corrected chi connectivity index (χ0v) is 13.9. The van der Waals surface area contributed by atoms with Crippen molar-refractivity contribution in [3.05, 3.63) is 36.2 Å². The Kier molecular flexibility index (Phi) is 6.64. The monoisotopic (exact) mass is 368 g/mol. The van der Waals surface area contributed by atoms with Crippen molar-refractivity contribution in [2.75, 3.05) is 17.6 Å². The summed E-state index contributed by atoms with van der Waals surface area (Å²) in [5, 5.41) is 2.52. The lowest BCUT2D eigenvalue weighted by molar-refractivity contribution is -0.118. The average Bonchev–Trinajstić information content (AvgIpc) is 2.57. The number of aliphatic imine (C=N–C) groups is 1. The van der Waals surface area contributed by atoms with Crippen LogP contribution in [0.1, 0.15) is 24.5 Å². The third-order valence-electron chi connectivity index (χ3n) is 3.17. The molecule has 0 unspecified atom stereocenters. The number of nitrogens with zero attached hydrogens (tertiary/aromatic N) is 5. The van der Waals surface area contributed by atoms with Crippen molar-refractivity contribution in [3.63, 3.8) is 0 Å². The second-order valence-corrected chi connectivity index (χ2v) is 5.40. The van der Waals surface area contributed by atoms with Gasteiger partial charge in [0, 0.05) is 25.2 Å². The highest BCUT2D eigenvalue weighted by atomic mass is 19.4. The number of rotatable bonds is 7. The summed E-state index contributed by atoms with van der Waals surface area (Å²) in [6, 6.07) is 3.12. The van der Waals surface area contributed by atoms with Gasteiger partial charge in [0.1, 0.15) is 29.8 Å². The summed E-state index contributed by atoms with van der Waals surface area (Å²) in [7, 11) is 0. The first kappa shape index (κ1) is 19.3. The molecule has 0 atom stereocenters. The van der Waals surface area contributed by atoms with Gasteiger partial charge < -0.3 is 16.8 Å². The molecular formula is C15H19F3N8. The first-order chi connectivity index (χ1) is 12.3. The average molecular weight is 368 g/mol. The van der Waals surface area contributed by atoms with Gasteiger partial charge in [0.25, 0.3) is 0 Å². The third kappa shape index (κ3) is 7.28. The Bertz CT molecular complexity index is 748. The molecule has 0 radical (unpaired) electrons. The molecule has 0 aliphatic rings. The van der Waals surface area contributed by atoms with Crippen LogP contribution in [0.3, 0.4) is 0 Å². The number of unbranched alkanes of at least 4 members (excludes halogenated alkanes) is 1. The molecule has 0 aromatic carbocycles. The second kappa shape index (κ2) is 8.92. The van der Waals surface area contributed by atoms with E-state index in [1.165, 1.54) is 12.3 Å². The van der Waals surface area contributed by atoms with Gasteiger partial charge in [0.2, 0.25) is 0 Å². The zero-order chi connectivity index (χ0) is 19.0. The fourth-order valence-corrected chi connectivity index (χ4v) is 2.04. The standard InChI is InChI=1S/C15H19F3N8/c16-15(17,18)9-23-14(20)26-13-6-8-22-12(25-13)4-2-1-3-11-21-7-5-10(19)24-11/h5-8H,1-4,9H2,(H2,19,21,24)(H3,20,22,23,25,26). The maximum Gasteiger partial charge on any atom is 0.408 e. The summed E-state index contributed by atoms with van der Waals surface area (Å²) in [5.41, 5.74) is 11.0. The van der Waals surface area contributed by atoms with Crippen molar-refractivity contribution in [1.29, 1.82) is 0 Å². The number of anilines is 2. The third-order valence-corrected chi connectivity index (χ3v) is 3.17. The number of alkyl halides is 3. The fourth-order valence-electron chi connectivity index (χ4n) is 2.04. The minimum atomic E-state index is -4.41. The van der Waals surface area contributed by atoms with E-state index in [-0.39, 0.29) is 11.8 Å². The van der Waals surface area contributed by atoms with Crippen LogP contribution in [0.15, 0.2) is 29.5 Å². The van der Waals surface area contributed by atoms with E-state index >= 15 is 0 Å². The van der Waals surface area contributed by atoms with E-state index in [9.17, 15) is 13.2 Å². The van der Waals surface area contributed by atoms with E-state index < -0.39 is 12.7 Å². The van der Waals surface area contributed by atoms with Crippen LogP contribution < -0.4 is 16.8 Å². The summed E-state index contributed by atoms with van der Waals surface area (Å²) < 4.78 is 36.3. The molecule has 0 saturated heterocycles. The van der Waals surface area contributed by atoms with Crippen LogP contribution in [0.25, 0.3) is 0 Å². The molecule has 0 aliphatic heterocycles. The van der Waals surface area contributed by atoms with Crippen LogP contribution >= 0.6 is 0 Å². The lowest BCUT2D eigenvalue weighted by atomic mass is 10.2. The van der Waals surface area contributed by atoms with Gasteiger partial charge in [0.05, 0.1) is 0 Å². The number of nitrogens with two attached hydrogens (primary N) is 2. The van der Waals surface area contributed by atoms with E-state index in [0.717, 1.165) is 12.8 Å². The van der Waals surface area contributed by atoms with E-state index in [1.807, 2.05) is 0 Å². The number of hydrogen-bond donors (Lipinski definition) is 3. The molecule has 0 aliphatic carbocycles. The summed E-state index contributed by atoms with van der Waals surface area (Å²) in [6.07, 6.45) is 1.59. The molecule has 0 fully saturated rings. The largest absolute Gasteiger partial charge is 0.408 e. The highest BCUT2D eigenvalue weighted by Gasteiger charge is 2.26. The molecule has 8 nitrogen and oxygen atoms in total. The number of nitrogen functional groups attached to an aromatic ring is 1. The Morgan fingerprint density at radius 2 is 1.65 bits per heavy atom. The van der Waals surface area contributed by atoms with E-state index in [2.05, 4.69) is 30.2 Å². The molecule has 2 rings (SSSR count). The number of aryl methyl sites for hydroxylation is 2. The lowest BCUT2D eigenvalue weighted by Gasteiger charge is -2.07. The van der Waals surface area contributed by atoms with Crippen LogP contribution in [-0.4, -0.2) is 38.6 Å². The molecule has 0 saturated carbocycles. The first-order valence-electron chi connectivity index (χ1n) is 7.85. The summed E-state index contributed by atoms with van der Waals surface area (Å²) >= 11 is 0. The summed E-state index contributed by atoms with van der Waals surface area (Å²) in [5.74, 6) is 1.59. The van der Waals surface area contributed by atoms with E-state index in [1.54, 1.807) is 12.3 Å².